The Labute approximate surface area is 210 Å². The number of hydrogen-bond acceptors (Lipinski definition) is 6. The molecule has 0 unspecified atom stereocenters. The molecule has 186 valence electrons. The van der Waals surface area contributed by atoms with Crippen molar-refractivity contribution in [3.63, 3.8) is 0 Å². The number of amides is 1. The highest BCUT2D eigenvalue weighted by Crippen LogP contribution is 2.26. The number of rotatable bonds is 9. The summed E-state index contributed by atoms with van der Waals surface area (Å²) >= 11 is 6.04. The van der Waals surface area contributed by atoms with Crippen LogP contribution in [0.3, 0.4) is 0 Å². The van der Waals surface area contributed by atoms with Crippen LogP contribution in [0.25, 0.3) is 10.9 Å². The summed E-state index contributed by atoms with van der Waals surface area (Å²) in [5, 5.41) is 8.03. The smallest absolute Gasteiger partial charge is 0.243 e. The molecule has 8 nitrogen and oxygen atoms in total. The van der Waals surface area contributed by atoms with Gasteiger partial charge in [0.1, 0.15) is 5.75 Å². The summed E-state index contributed by atoms with van der Waals surface area (Å²) in [4.78, 5) is 17.2. The number of ether oxygens (including phenoxy) is 1. The summed E-state index contributed by atoms with van der Waals surface area (Å²) in [7, 11) is -2.04. The molecule has 1 aliphatic rings. The highest BCUT2D eigenvalue weighted by atomic mass is 35.5. The van der Waals surface area contributed by atoms with Crippen LogP contribution in [0.15, 0.2) is 59.6 Å². The predicted molar refractivity (Wildman–Crippen MR) is 137 cm³/mol. The Bertz CT molecular complexity index is 1280. The van der Waals surface area contributed by atoms with E-state index in [-0.39, 0.29) is 16.7 Å². The topological polar surface area (TPSA) is 101 Å². The van der Waals surface area contributed by atoms with Gasteiger partial charge in [-0.3, -0.25) is 9.78 Å². The van der Waals surface area contributed by atoms with Gasteiger partial charge in [-0.15, -0.1) is 0 Å². The molecule has 1 aromatic heterocycles. The summed E-state index contributed by atoms with van der Waals surface area (Å²) in [6, 6.07) is 13.9. The SMILES string of the molecule is COc1ccc(S(=O)(=O)N2CCC(C(=O)NCCCNc3ccnc4cc(Cl)ccc34)CC2)cc1. The number of nitrogens with one attached hydrogen (secondary N) is 2. The molecular weight excluding hydrogens is 488 g/mol. The van der Waals surface area contributed by atoms with Crippen LogP contribution < -0.4 is 15.4 Å². The van der Waals surface area contributed by atoms with Gasteiger partial charge in [0, 0.05) is 54.4 Å². The summed E-state index contributed by atoms with van der Waals surface area (Å²) in [5.74, 6) is 0.406. The van der Waals surface area contributed by atoms with Crippen molar-refractivity contribution >= 4 is 44.1 Å². The quantitative estimate of drug-likeness (QED) is 0.418. The molecule has 3 aromatic rings. The second-order valence-corrected chi connectivity index (χ2v) is 10.8. The molecule has 0 aliphatic carbocycles. The van der Waals surface area contributed by atoms with Gasteiger partial charge in [-0.1, -0.05) is 11.6 Å². The fourth-order valence-electron chi connectivity index (χ4n) is 4.20. The van der Waals surface area contributed by atoms with Crippen LogP contribution in [-0.2, 0) is 14.8 Å². The minimum absolute atomic E-state index is 0.0181. The van der Waals surface area contributed by atoms with Crippen molar-refractivity contribution in [2.45, 2.75) is 24.2 Å². The van der Waals surface area contributed by atoms with Crippen molar-refractivity contribution in [2.75, 3.05) is 38.6 Å². The first kappa shape index (κ1) is 25.2. The van der Waals surface area contributed by atoms with E-state index in [2.05, 4.69) is 15.6 Å². The zero-order chi connectivity index (χ0) is 24.8. The van der Waals surface area contributed by atoms with Crippen molar-refractivity contribution in [1.29, 1.82) is 0 Å². The van der Waals surface area contributed by atoms with Gasteiger partial charge < -0.3 is 15.4 Å². The van der Waals surface area contributed by atoms with Crippen LogP contribution in [0.4, 0.5) is 5.69 Å². The van der Waals surface area contributed by atoms with E-state index in [1.165, 1.54) is 11.4 Å². The minimum Gasteiger partial charge on any atom is -0.497 e. The third-order valence-corrected chi connectivity index (χ3v) is 8.34. The molecule has 1 amide bonds. The number of carbonyl (C=O) groups is 1. The number of fused-ring (bicyclic) bond motifs is 1. The predicted octanol–water partition coefficient (Wildman–Crippen LogP) is 3.92. The average molecular weight is 517 g/mol. The molecule has 10 heteroatoms. The molecule has 35 heavy (non-hydrogen) atoms. The molecule has 1 fully saturated rings. The van der Waals surface area contributed by atoms with E-state index in [4.69, 9.17) is 16.3 Å². The average Bonchev–Trinajstić information content (AvgIpc) is 2.88. The lowest BCUT2D eigenvalue weighted by Gasteiger charge is -2.30. The molecule has 2 N–H and O–H groups in total. The monoisotopic (exact) mass is 516 g/mol. The molecule has 2 aromatic carbocycles. The van der Waals surface area contributed by atoms with Gasteiger partial charge in [-0.05, 0) is 67.8 Å². The van der Waals surface area contributed by atoms with E-state index in [1.54, 1.807) is 30.5 Å². The summed E-state index contributed by atoms with van der Waals surface area (Å²) in [6.07, 6.45) is 3.51. The number of hydrogen-bond donors (Lipinski definition) is 2. The number of anilines is 1. The van der Waals surface area contributed by atoms with Crippen molar-refractivity contribution in [3.05, 3.63) is 59.8 Å². The zero-order valence-electron chi connectivity index (χ0n) is 19.5. The standard InChI is InChI=1S/C25H29ClN4O4S/c1-34-20-4-6-21(7-5-20)35(32,33)30-15-10-18(11-16-30)25(31)29-13-2-12-27-23-9-14-28-24-17-19(26)3-8-22(23)24/h3-9,14,17-18H,2,10-13,15-16H2,1H3,(H,27,28)(H,29,31). The normalized spacial score (nSPS) is 15.1. The Hall–Kier alpha value is -2.88. The fraction of sp³-hybridized carbons (Fsp3) is 0.360. The highest BCUT2D eigenvalue weighted by Gasteiger charge is 2.32. The van der Waals surface area contributed by atoms with Crippen molar-refractivity contribution in [2.24, 2.45) is 5.92 Å². The Morgan fingerprint density at radius 3 is 2.57 bits per heavy atom. The molecular formula is C25H29ClN4O4S. The minimum atomic E-state index is -3.58. The maximum absolute atomic E-state index is 12.9. The molecule has 2 heterocycles. The number of sulfonamides is 1. The van der Waals surface area contributed by atoms with Gasteiger partial charge in [0.25, 0.3) is 0 Å². The molecule has 0 spiro atoms. The van der Waals surface area contributed by atoms with Crippen LogP contribution in [0, 0.1) is 5.92 Å². The second-order valence-electron chi connectivity index (χ2n) is 8.45. The van der Waals surface area contributed by atoms with Crippen LogP contribution in [0.5, 0.6) is 5.75 Å². The highest BCUT2D eigenvalue weighted by molar-refractivity contribution is 7.89. The molecule has 0 atom stereocenters. The Balaban J connectivity index is 1.20. The second kappa shape index (κ2) is 11.2. The van der Waals surface area contributed by atoms with E-state index < -0.39 is 10.0 Å². The summed E-state index contributed by atoms with van der Waals surface area (Å²) in [6.45, 7) is 1.89. The fourth-order valence-corrected chi connectivity index (χ4v) is 5.83. The third kappa shape index (κ3) is 6.04. The largest absolute Gasteiger partial charge is 0.497 e. The molecule has 1 saturated heterocycles. The molecule has 0 bridgehead atoms. The van der Waals surface area contributed by atoms with Crippen molar-refractivity contribution in [1.82, 2.24) is 14.6 Å². The van der Waals surface area contributed by atoms with Gasteiger partial charge in [0.15, 0.2) is 0 Å². The number of halogens is 1. The van der Waals surface area contributed by atoms with Gasteiger partial charge >= 0.3 is 0 Å². The lowest BCUT2D eigenvalue weighted by atomic mass is 9.97. The van der Waals surface area contributed by atoms with Gasteiger partial charge in [-0.2, -0.15) is 4.31 Å². The van der Waals surface area contributed by atoms with E-state index in [9.17, 15) is 13.2 Å². The number of methoxy groups -OCH3 is 1. The van der Waals surface area contributed by atoms with Crippen LogP contribution in [0.1, 0.15) is 19.3 Å². The third-order valence-electron chi connectivity index (χ3n) is 6.19. The van der Waals surface area contributed by atoms with Gasteiger partial charge in [0.2, 0.25) is 15.9 Å². The Morgan fingerprint density at radius 1 is 1.11 bits per heavy atom. The van der Waals surface area contributed by atoms with E-state index in [0.717, 1.165) is 23.0 Å². The molecule has 1 aliphatic heterocycles. The van der Waals surface area contributed by atoms with Gasteiger partial charge in [-0.25, -0.2) is 8.42 Å². The van der Waals surface area contributed by atoms with Gasteiger partial charge in [0.05, 0.1) is 17.5 Å². The first-order valence-electron chi connectivity index (χ1n) is 11.6. The lowest BCUT2D eigenvalue weighted by Crippen LogP contribution is -2.43. The first-order chi connectivity index (χ1) is 16.9. The number of benzene rings is 2. The molecule has 0 radical (unpaired) electrons. The first-order valence-corrected chi connectivity index (χ1v) is 13.4. The lowest BCUT2D eigenvalue weighted by molar-refractivity contribution is -0.126. The number of carbonyl (C=O) groups excluding carboxylic acids is 1. The summed E-state index contributed by atoms with van der Waals surface area (Å²) < 4.78 is 32.3. The van der Waals surface area contributed by atoms with Crippen LogP contribution in [-0.4, -0.2) is 56.9 Å². The summed E-state index contributed by atoms with van der Waals surface area (Å²) in [5.41, 5.74) is 1.81. The van der Waals surface area contributed by atoms with Crippen molar-refractivity contribution in [3.8, 4) is 5.75 Å². The van der Waals surface area contributed by atoms with Crippen LogP contribution in [0.2, 0.25) is 5.02 Å². The van der Waals surface area contributed by atoms with E-state index in [1.807, 2.05) is 24.3 Å². The van der Waals surface area contributed by atoms with Crippen LogP contribution >= 0.6 is 11.6 Å². The number of aromatic nitrogens is 1. The zero-order valence-corrected chi connectivity index (χ0v) is 21.1. The maximum atomic E-state index is 12.9. The number of nitrogens with zero attached hydrogens (tertiary/aromatic N) is 2. The van der Waals surface area contributed by atoms with E-state index in [0.29, 0.717) is 49.8 Å². The van der Waals surface area contributed by atoms with Crippen molar-refractivity contribution < 1.29 is 17.9 Å². The number of piperidine rings is 1. The number of pyridine rings is 1. The Morgan fingerprint density at radius 2 is 1.86 bits per heavy atom. The van der Waals surface area contributed by atoms with E-state index >= 15 is 0 Å². The Kier molecular flexibility index (Phi) is 8.10. The maximum Gasteiger partial charge on any atom is 0.243 e. The molecule has 4 rings (SSSR count). The molecule has 0 saturated carbocycles.